The summed E-state index contributed by atoms with van der Waals surface area (Å²) >= 11 is 0. The first-order valence-corrected chi connectivity index (χ1v) is 11.9. The molecule has 0 unspecified atom stereocenters. The topological polar surface area (TPSA) is 18.5 Å². The Bertz CT molecular complexity index is 659. The van der Waals surface area contributed by atoms with Crippen molar-refractivity contribution in [1.82, 2.24) is 0 Å². The minimum absolute atomic E-state index is 0.000178. The van der Waals surface area contributed by atoms with Crippen LogP contribution in [0.2, 0.25) is 0 Å². The van der Waals surface area contributed by atoms with Crippen molar-refractivity contribution in [1.29, 1.82) is 0 Å². The van der Waals surface area contributed by atoms with Gasteiger partial charge in [0.15, 0.2) is 11.5 Å². The highest BCUT2D eigenvalue weighted by molar-refractivity contribution is 5.35. The zero-order valence-corrected chi connectivity index (χ0v) is 18.5. The van der Waals surface area contributed by atoms with Crippen LogP contribution in [-0.2, 0) is 0 Å². The highest BCUT2D eigenvalue weighted by Gasteiger charge is 2.24. The maximum absolute atomic E-state index is 14.5. The molecule has 0 aromatic heterocycles. The largest absolute Gasteiger partial charge is 0.490 e. The third kappa shape index (κ3) is 6.46. The fourth-order valence-electron chi connectivity index (χ4n) is 5.00. The van der Waals surface area contributed by atoms with E-state index in [1.807, 2.05) is 6.08 Å². The minimum Gasteiger partial charge on any atom is -0.490 e. The first-order valence-electron chi connectivity index (χ1n) is 11.9. The molecule has 0 N–H and O–H groups in total. The maximum atomic E-state index is 14.5. The first-order chi connectivity index (χ1) is 14.6. The fraction of sp³-hybridized carbons (Fsp3) is 0.692. The van der Waals surface area contributed by atoms with Crippen molar-refractivity contribution in [2.24, 2.45) is 23.7 Å². The van der Waals surface area contributed by atoms with Gasteiger partial charge < -0.3 is 9.47 Å². The molecule has 1 aromatic rings. The summed E-state index contributed by atoms with van der Waals surface area (Å²) in [4.78, 5) is 0. The minimum atomic E-state index is -0.929. The molecule has 3 rings (SSSR count). The third-order valence-corrected chi connectivity index (χ3v) is 7.25. The quantitative estimate of drug-likeness (QED) is 0.361. The number of benzene rings is 1. The van der Waals surface area contributed by atoms with Crippen LogP contribution < -0.4 is 9.47 Å². The van der Waals surface area contributed by atoms with Crippen LogP contribution in [0, 0.1) is 35.3 Å². The highest BCUT2D eigenvalue weighted by atomic mass is 19.2. The lowest BCUT2D eigenvalue weighted by Crippen LogP contribution is -2.21. The van der Waals surface area contributed by atoms with Gasteiger partial charge in [0.2, 0.25) is 11.6 Å². The van der Waals surface area contributed by atoms with E-state index < -0.39 is 11.6 Å². The summed E-state index contributed by atoms with van der Waals surface area (Å²) in [7, 11) is 0. The van der Waals surface area contributed by atoms with Gasteiger partial charge in [0.1, 0.15) is 0 Å². The van der Waals surface area contributed by atoms with Crippen molar-refractivity contribution in [2.75, 3.05) is 13.2 Å². The summed E-state index contributed by atoms with van der Waals surface area (Å²) in [6, 6.07) is 3.02. The van der Waals surface area contributed by atoms with Gasteiger partial charge in [0.25, 0.3) is 0 Å². The Kier molecular flexibility index (Phi) is 9.02. The molecule has 0 bridgehead atoms. The van der Waals surface area contributed by atoms with Crippen molar-refractivity contribution in [3.8, 4) is 11.5 Å². The smallest absolute Gasteiger partial charge is 0.204 e. The van der Waals surface area contributed by atoms with Gasteiger partial charge in [-0.15, -0.1) is 6.58 Å². The monoisotopic (exact) mass is 420 g/mol. The normalized spacial score (nSPS) is 26.9. The number of halogens is 2. The standard InChI is InChI=1S/C26H38F2O2/c1-3-5-6-20-9-13-22(14-10-20)18-30-24-16-15-23(25(27)26(24)28)29-17-21-11-7-19(4-2)8-12-21/h3,15-16,19-22H,1,4-14,17-18H2,2H3. The van der Waals surface area contributed by atoms with E-state index in [1.54, 1.807) is 0 Å². The summed E-state index contributed by atoms with van der Waals surface area (Å²) in [5, 5.41) is 0. The molecule has 4 heteroatoms. The number of allylic oxidation sites excluding steroid dienone is 1. The van der Waals surface area contributed by atoms with Crippen molar-refractivity contribution in [2.45, 2.75) is 77.6 Å². The third-order valence-electron chi connectivity index (χ3n) is 7.25. The fourth-order valence-corrected chi connectivity index (χ4v) is 5.00. The van der Waals surface area contributed by atoms with E-state index in [4.69, 9.17) is 9.47 Å². The second-order valence-electron chi connectivity index (χ2n) is 9.36. The average molecular weight is 421 g/mol. The zero-order chi connectivity index (χ0) is 21.3. The number of hydrogen-bond acceptors (Lipinski definition) is 2. The predicted molar refractivity (Wildman–Crippen MR) is 118 cm³/mol. The molecule has 0 atom stereocenters. The van der Waals surface area contributed by atoms with Crippen LogP contribution in [0.4, 0.5) is 8.78 Å². The molecule has 2 aliphatic carbocycles. The van der Waals surface area contributed by atoms with Gasteiger partial charge in [0, 0.05) is 0 Å². The summed E-state index contributed by atoms with van der Waals surface area (Å²) in [6.07, 6.45) is 14.7. The van der Waals surface area contributed by atoms with Gasteiger partial charge in [-0.25, -0.2) is 0 Å². The van der Waals surface area contributed by atoms with E-state index in [2.05, 4.69) is 13.5 Å². The van der Waals surface area contributed by atoms with Crippen LogP contribution in [0.15, 0.2) is 24.8 Å². The van der Waals surface area contributed by atoms with E-state index in [0.717, 1.165) is 43.9 Å². The van der Waals surface area contributed by atoms with E-state index in [0.29, 0.717) is 25.0 Å². The second-order valence-corrected chi connectivity index (χ2v) is 9.36. The summed E-state index contributed by atoms with van der Waals surface area (Å²) in [6.45, 7) is 6.94. The molecule has 0 saturated heterocycles. The van der Waals surface area contributed by atoms with Crippen LogP contribution in [-0.4, -0.2) is 13.2 Å². The lowest BCUT2D eigenvalue weighted by molar-refractivity contribution is 0.168. The Labute approximate surface area is 181 Å². The van der Waals surface area contributed by atoms with Gasteiger partial charge in [-0.1, -0.05) is 45.1 Å². The molecule has 1 aromatic carbocycles. The molecule has 30 heavy (non-hydrogen) atoms. The Morgan fingerprint density at radius 2 is 1.23 bits per heavy atom. The highest BCUT2D eigenvalue weighted by Crippen LogP contribution is 2.34. The summed E-state index contributed by atoms with van der Waals surface area (Å²) in [5.41, 5.74) is 0. The molecular formula is C26H38F2O2. The van der Waals surface area contributed by atoms with E-state index in [9.17, 15) is 8.78 Å². The van der Waals surface area contributed by atoms with Gasteiger partial charge in [0.05, 0.1) is 13.2 Å². The Morgan fingerprint density at radius 1 is 0.800 bits per heavy atom. The molecule has 168 valence electrons. The van der Waals surface area contributed by atoms with Crippen molar-refractivity contribution >= 4 is 0 Å². The van der Waals surface area contributed by atoms with E-state index >= 15 is 0 Å². The van der Waals surface area contributed by atoms with E-state index in [1.165, 1.54) is 50.7 Å². The van der Waals surface area contributed by atoms with Crippen molar-refractivity contribution in [3.05, 3.63) is 36.4 Å². The molecule has 0 heterocycles. The van der Waals surface area contributed by atoms with Crippen LogP contribution in [0.5, 0.6) is 11.5 Å². The summed E-state index contributed by atoms with van der Waals surface area (Å²) < 4.78 is 40.3. The SMILES string of the molecule is C=CCCC1CCC(COc2ccc(OCC3CCC(CC)CC3)c(F)c2F)CC1. The van der Waals surface area contributed by atoms with Crippen LogP contribution in [0.3, 0.4) is 0 Å². The molecule has 0 amide bonds. The molecule has 0 spiro atoms. The second kappa shape index (κ2) is 11.7. The molecule has 2 fully saturated rings. The maximum Gasteiger partial charge on any atom is 0.204 e. The Balaban J connectivity index is 1.44. The van der Waals surface area contributed by atoms with Crippen LogP contribution in [0.1, 0.15) is 77.6 Å². The van der Waals surface area contributed by atoms with Gasteiger partial charge >= 0.3 is 0 Å². The molecule has 2 saturated carbocycles. The summed E-state index contributed by atoms with van der Waals surface area (Å²) in [5.74, 6) is 0.576. The number of rotatable bonds is 10. The molecule has 0 aliphatic heterocycles. The average Bonchev–Trinajstić information content (AvgIpc) is 2.79. The Morgan fingerprint density at radius 3 is 1.67 bits per heavy atom. The van der Waals surface area contributed by atoms with E-state index in [-0.39, 0.29) is 11.5 Å². The predicted octanol–water partition coefficient (Wildman–Crippen LogP) is 7.71. The molecule has 2 aliphatic rings. The first kappa shape index (κ1) is 23.1. The lowest BCUT2D eigenvalue weighted by atomic mass is 9.80. The van der Waals surface area contributed by atoms with Gasteiger partial charge in [-0.2, -0.15) is 8.78 Å². The zero-order valence-electron chi connectivity index (χ0n) is 18.5. The van der Waals surface area contributed by atoms with Crippen molar-refractivity contribution < 1.29 is 18.3 Å². The van der Waals surface area contributed by atoms with Crippen molar-refractivity contribution in [3.63, 3.8) is 0 Å². The van der Waals surface area contributed by atoms with Crippen LogP contribution >= 0.6 is 0 Å². The lowest BCUT2D eigenvalue weighted by Gasteiger charge is -2.28. The molecule has 2 nitrogen and oxygen atoms in total. The number of ether oxygens (including phenoxy) is 2. The van der Waals surface area contributed by atoms with Crippen LogP contribution in [0.25, 0.3) is 0 Å². The molecule has 0 radical (unpaired) electrons. The van der Waals surface area contributed by atoms with Gasteiger partial charge in [-0.05, 0) is 74.3 Å². The Hall–Kier alpha value is -1.58. The molecular weight excluding hydrogens is 382 g/mol. The van der Waals surface area contributed by atoms with Gasteiger partial charge in [-0.3, -0.25) is 0 Å². The number of hydrogen-bond donors (Lipinski definition) is 0.